The quantitative estimate of drug-likeness (QED) is 0.530. The van der Waals surface area contributed by atoms with Crippen LogP contribution in [0.5, 0.6) is 0 Å². The van der Waals surface area contributed by atoms with Gasteiger partial charge in [-0.25, -0.2) is 22.8 Å². The van der Waals surface area contributed by atoms with Crippen molar-refractivity contribution in [2.24, 2.45) is 0 Å². The van der Waals surface area contributed by atoms with Gasteiger partial charge in [-0.15, -0.1) is 0 Å². The summed E-state index contributed by atoms with van der Waals surface area (Å²) < 4.78 is 41.4. The number of halogens is 1. The number of rotatable bonds is 4. The molecule has 0 amide bonds. The lowest BCUT2D eigenvalue weighted by molar-refractivity contribution is 0.590. The van der Waals surface area contributed by atoms with Gasteiger partial charge in [-0.05, 0) is 42.5 Å². The first kappa shape index (κ1) is 17.7. The number of fused-ring (bicyclic) bond motifs is 1. The summed E-state index contributed by atoms with van der Waals surface area (Å²) in [5.41, 5.74) is 0.917. The van der Waals surface area contributed by atoms with Crippen LogP contribution in [0.2, 0.25) is 0 Å². The van der Waals surface area contributed by atoms with Gasteiger partial charge >= 0.3 is 0 Å². The summed E-state index contributed by atoms with van der Waals surface area (Å²) in [6, 6.07) is 15.3. The van der Waals surface area contributed by atoms with Crippen LogP contribution in [-0.2, 0) is 15.6 Å². The van der Waals surface area contributed by atoms with Crippen LogP contribution in [0.1, 0.15) is 5.82 Å². The third-order valence-corrected chi connectivity index (χ3v) is 6.14. The summed E-state index contributed by atoms with van der Waals surface area (Å²) in [6.07, 6.45) is 1.57. The van der Waals surface area contributed by atoms with Gasteiger partial charge in [-0.2, -0.15) is 12.6 Å². The minimum Gasteiger partial charge on any atom is -0.284 e. The van der Waals surface area contributed by atoms with Crippen molar-refractivity contribution in [2.45, 2.75) is 15.7 Å². The fraction of sp³-hybridized carbons (Fsp3) is 0.0526. The van der Waals surface area contributed by atoms with Crippen molar-refractivity contribution in [3.05, 3.63) is 78.5 Å². The molecule has 0 fully saturated rings. The Kier molecular flexibility index (Phi) is 4.45. The molecule has 8 heteroatoms. The maximum absolute atomic E-state index is 13.4. The molecule has 2 heterocycles. The highest BCUT2D eigenvalue weighted by atomic mass is 32.2. The average Bonchev–Trinajstić information content (AvgIpc) is 3.08. The normalized spacial score (nSPS) is 11.8. The van der Waals surface area contributed by atoms with Crippen LogP contribution in [0.15, 0.2) is 76.8 Å². The first-order chi connectivity index (χ1) is 13.0. The Balaban J connectivity index is 2.06. The maximum Gasteiger partial charge on any atom is 0.222 e. The lowest BCUT2D eigenvalue weighted by atomic mass is 10.3. The Labute approximate surface area is 160 Å². The van der Waals surface area contributed by atoms with E-state index in [-0.39, 0.29) is 9.92 Å². The fourth-order valence-corrected chi connectivity index (χ4v) is 4.46. The Hall–Kier alpha value is -2.71. The topological polar surface area (TPSA) is 64.8 Å². The first-order valence-electron chi connectivity index (χ1n) is 8.05. The smallest absolute Gasteiger partial charge is 0.222 e. The zero-order chi connectivity index (χ0) is 19.0. The molecule has 5 nitrogen and oxygen atoms in total. The van der Waals surface area contributed by atoms with E-state index >= 15 is 0 Å². The van der Waals surface area contributed by atoms with E-state index in [1.165, 1.54) is 47.0 Å². The van der Waals surface area contributed by atoms with Crippen molar-refractivity contribution in [3.8, 4) is 5.69 Å². The number of aromatic nitrogens is 3. The molecule has 0 aliphatic carbocycles. The summed E-state index contributed by atoms with van der Waals surface area (Å²) in [7, 11) is -3.83. The van der Waals surface area contributed by atoms with Crippen LogP contribution in [0.25, 0.3) is 16.7 Å². The van der Waals surface area contributed by atoms with E-state index in [2.05, 4.69) is 22.6 Å². The molecule has 0 aliphatic heterocycles. The summed E-state index contributed by atoms with van der Waals surface area (Å²) in [5, 5.41) is 0.611. The van der Waals surface area contributed by atoms with Crippen molar-refractivity contribution in [2.75, 3.05) is 0 Å². The van der Waals surface area contributed by atoms with Crippen molar-refractivity contribution in [3.63, 3.8) is 0 Å². The lowest BCUT2D eigenvalue weighted by Gasteiger charge is -2.11. The number of thiol groups is 1. The van der Waals surface area contributed by atoms with Crippen molar-refractivity contribution in [1.29, 1.82) is 0 Å². The van der Waals surface area contributed by atoms with E-state index in [4.69, 9.17) is 0 Å². The van der Waals surface area contributed by atoms with E-state index in [1.54, 1.807) is 24.4 Å². The predicted molar refractivity (Wildman–Crippen MR) is 103 cm³/mol. The molecule has 2 aromatic carbocycles. The molecule has 2 aromatic heterocycles. The molecule has 0 bridgehead atoms. The summed E-state index contributed by atoms with van der Waals surface area (Å²) in [5.74, 6) is 0.370. The molecule has 4 rings (SSSR count). The minimum atomic E-state index is -3.83. The molecule has 4 aromatic rings. The second kappa shape index (κ2) is 6.79. The third-order valence-electron chi connectivity index (χ3n) is 4.11. The SMILES string of the molecule is O=S(=O)(c1ccccc1)c1cc2cnc(CS)nc2n1-c1ccc(F)cc1. The molecular formula is C19H14FN3O2S2. The molecule has 136 valence electrons. The van der Waals surface area contributed by atoms with Gasteiger partial charge < -0.3 is 0 Å². The van der Waals surface area contributed by atoms with Gasteiger partial charge in [0.1, 0.15) is 22.3 Å². The van der Waals surface area contributed by atoms with Crippen LogP contribution >= 0.6 is 12.6 Å². The Bertz CT molecular complexity index is 1220. The third kappa shape index (κ3) is 3.11. The molecule has 0 spiro atoms. The lowest BCUT2D eigenvalue weighted by Crippen LogP contribution is -2.09. The number of hydrogen-bond donors (Lipinski definition) is 1. The highest BCUT2D eigenvalue weighted by Crippen LogP contribution is 2.30. The maximum atomic E-state index is 13.4. The molecule has 0 saturated heterocycles. The molecule has 0 atom stereocenters. The predicted octanol–water partition coefficient (Wildman–Crippen LogP) is 3.82. The zero-order valence-corrected chi connectivity index (χ0v) is 15.7. The highest BCUT2D eigenvalue weighted by molar-refractivity contribution is 7.91. The van der Waals surface area contributed by atoms with Gasteiger partial charge in [0, 0.05) is 17.3 Å². The summed E-state index contributed by atoms with van der Waals surface area (Å²) >= 11 is 4.19. The van der Waals surface area contributed by atoms with Gasteiger partial charge in [0.25, 0.3) is 0 Å². The Morgan fingerprint density at radius 3 is 2.41 bits per heavy atom. The van der Waals surface area contributed by atoms with Crippen molar-refractivity contribution in [1.82, 2.24) is 14.5 Å². The van der Waals surface area contributed by atoms with E-state index in [1.807, 2.05) is 0 Å². The minimum absolute atomic E-state index is 0.0425. The van der Waals surface area contributed by atoms with Crippen LogP contribution in [0.3, 0.4) is 0 Å². The molecule has 0 N–H and O–H groups in total. The van der Waals surface area contributed by atoms with Gasteiger partial charge in [0.05, 0.1) is 10.6 Å². The van der Waals surface area contributed by atoms with Crippen LogP contribution in [-0.4, -0.2) is 23.0 Å². The van der Waals surface area contributed by atoms with Crippen LogP contribution in [0.4, 0.5) is 4.39 Å². The molecule has 0 radical (unpaired) electrons. The highest BCUT2D eigenvalue weighted by Gasteiger charge is 2.25. The van der Waals surface area contributed by atoms with E-state index in [0.717, 1.165) is 0 Å². The van der Waals surface area contributed by atoms with Gasteiger partial charge in [-0.1, -0.05) is 18.2 Å². The van der Waals surface area contributed by atoms with Crippen LogP contribution < -0.4 is 0 Å². The molecule has 27 heavy (non-hydrogen) atoms. The molecule has 0 saturated carbocycles. The molecule has 0 aliphatic rings. The first-order valence-corrected chi connectivity index (χ1v) is 10.2. The number of hydrogen-bond acceptors (Lipinski definition) is 5. The van der Waals surface area contributed by atoms with Gasteiger partial charge in [0.15, 0.2) is 0 Å². The fourth-order valence-electron chi connectivity index (χ4n) is 2.83. The largest absolute Gasteiger partial charge is 0.284 e. The summed E-state index contributed by atoms with van der Waals surface area (Å²) in [4.78, 5) is 8.79. The average molecular weight is 399 g/mol. The monoisotopic (exact) mass is 399 g/mol. The molecular weight excluding hydrogens is 385 g/mol. The second-order valence-electron chi connectivity index (χ2n) is 5.83. The number of benzene rings is 2. The van der Waals surface area contributed by atoms with E-state index in [9.17, 15) is 12.8 Å². The van der Waals surface area contributed by atoms with Crippen molar-refractivity contribution >= 4 is 33.5 Å². The Morgan fingerprint density at radius 1 is 1.04 bits per heavy atom. The number of sulfone groups is 1. The van der Waals surface area contributed by atoms with Crippen LogP contribution in [0, 0.1) is 5.82 Å². The van der Waals surface area contributed by atoms with Crippen molar-refractivity contribution < 1.29 is 12.8 Å². The standard InChI is InChI=1S/C19H14FN3O2S2/c20-14-6-8-15(9-7-14)23-18(27(24,25)16-4-2-1-3-5-16)10-13-11-21-17(12-26)22-19(13)23/h1-11,26H,12H2. The van der Waals surface area contributed by atoms with E-state index in [0.29, 0.717) is 28.3 Å². The molecule has 0 unspecified atom stereocenters. The zero-order valence-electron chi connectivity index (χ0n) is 13.9. The van der Waals surface area contributed by atoms with E-state index < -0.39 is 15.7 Å². The summed E-state index contributed by atoms with van der Waals surface area (Å²) in [6.45, 7) is 0. The Morgan fingerprint density at radius 2 is 1.74 bits per heavy atom. The number of nitrogens with zero attached hydrogens (tertiary/aromatic N) is 3. The van der Waals surface area contributed by atoms with Gasteiger partial charge in [0.2, 0.25) is 9.84 Å². The van der Waals surface area contributed by atoms with Gasteiger partial charge in [-0.3, -0.25) is 4.57 Å². The second-order valence-corrected chi connectivity index (χ2v) is 8.05.